The molecular weight excluding hydrogens is 413 g/mol. The molecule has 0 fully saturated rings. The third-order valence-corrected chi connectivity index (χ3v) is 4.91. The maximum absolute atomic E-state index is 12.4. The smallest absolute Gasteiger partial charge is 0.405 e. The summed E-state index contributed by atoms with van der Waals surface area (Å²) in [5, 5.41) is 1.55. The van der Waals surface area contributed by atoms with E-state index in [1.54, 1.807) is 35.6 Å². The van der Waals surface area contributed by atoms with Crippen molar-refractivity contribution in [1.82, 2.24) is 10.0 Å². The van der Waals surface area contributed by atoms with Crippen molar-refractivity contribution < 1.29 is 35.9 Å². The van der Waals surface area contributed by atoms with Gasteiger partial charge in [-0.3, -0.25) is 4.79 Å². The standard InChI is InChI=1S/C18H17F3N2O5S/c19-18(20,21)12-22-16(24)11-28-17(25)14-7-4-8-15(9-14)29(26,27)23-10-13-5-2-1-3-6-13/h1-9,23H,10-12H2,(H,22,24). The summed E-state index contributed by atoms with van der Waals surface area (Å²) in [5.41, 5.74) is 0.563. The van der Waals surface area contributed by atoms with Gasteiger partial charge in [-0.05, 0) is 23.8 Å². The number of esters is 1. The summed E-state index contributed by atoms with van der Waals surface area (Å²) in [6.07, 6.45) is -4.59. The van der Waals surface area contributed by atoms with Gasteiger partial charge in [-0.15, -0.1) is 0 Å². The summed E-state index contributed by atoms with van der Waals surface area (Å²) < 4.78 is 67.9. The number of rotatable bonds is 8. The zero-order valence-electron chi connectivity index (χ0n) is 14.9. The van der Waals surface area contributed by atoms with E-state index in [9.17, 15) is 31.2 Å². The highest BCUT2D eigenvalue weighted by molar-refractivity contribution is 7.89. The number of benzene rings is 2. The van der Waals surface area contributed by atoms with E-state index in [4.69, 9.17) is 0 Å². The van der Waals surface area contributed by atoms with Crippen LogP contribution in [-0.2, 0) is 26.1 Å². The van der Waals surface area contributed by atoms with Crippen molar-refractivity contribution >= 4 is 21.9 Å². The van der Waals surface area contributed by atoms with Gasteiger partial charge in [0.1, 0.15) is 6.54 Å². The lowest BCUT2D eigenvalue weighted by molar-refractivity contribution is -0.140. The van der Waals surface area contributed by atoms with E-state index in [2.05, 4.69) is 9.46 Å². The third kappa shape index (κ3) is 7.54. The molecule has 0 unspecified atom stereocenters. The SMILES string of the molecule is O=C(COC(=O)c1cccc(S(=O)(=O)NCc2ccccc2)c1)NCC(F)(F)F. The second-order valence-electron chi connectivity index (χ2n) is 5.81. The molecule has 29 heavy (non-hydrogen) atoms. The molecule has 0 atom stereocenters. The highest BCUT2D eigenvalue weighted by Crippen LogP contribution is 2.14. The van der Waals surface area contributed by atoms with Crippen LogP contribution in [-0.4, -0.2) is 39.6 Å². The number of alkyl halides is 3. The normalized spacial score (nSPS) is 11.7. The van der Waals surface area contributed by atoms with Gasteiger partial charge in [0.25, 0.3) is 5.91 Å². The van der Waals surface area contributed by atoms with E-state index in [0.29, 0.717) is 0 Å². The minimum atomic E-state index is -4.59. The first-order valence-corrected chi connectivity index (χ1v) is 9.69. The lowest BCUT2D eigenvalue weighted by atomic mass is 10.2. The maximum Gasteiger partial charge on any atom is 0.405 e. The van der Waals surface area contributed by atoms with Crippen molar-refractivity contribution in [2.75, 3.05) is 13.2 Å². The molecule has 7 nitrogen and oxygen atoms in total. The van der Waals surface area contributed by atoms with Gasteiger partial charge >= 0.3 is 12.1 Å². The summed E-state index contributed by atoms with van der Waals surface area (Å²) in [4.78, 5) is 23.0. The van der Waals surface area contributed by atoms with Crippen LogP contribution < -0.4 is 10.0 Å². The van der Waals surface area contributed by atoms with E-state index in [0.717, 1.165) is 11.6 Å². The molecule has 0 aliphatic rings. The van der Waals surface area contributed by atoms with Crippen LogP contribution >= 0.6 is 0 Å². The largest absolute Gasteiger partial charge is 0.452 e. The van der Waals surface area contributed by atoms with Crippen molar-refractivity contribution in [1.29, 1.82) is 0 Å². The van der Waals surface area contributed by atoms with Gasteiger partial charge < -0.3 is 10.1 Å². The summed E-state index contributed by atoms with van der Waals surface area (Å²) in [6, 6.07) is 13.6. The van der Waals surface area contributed by atoms with Crippen molar-refractivity contribution in [3.63, 3.8) is 0 Å². The molecule has 0 radical (unpaired) electrons. The lowest BCUT2D eigenvalue weighted by Crippen LogP contribution is -2.36. The summed E-state index contributed by atoms with van der Waals surface area (Å²) in [5.74, 6) is -2.18. The molecular formula is C18H17F3N2O5S. The van der Waals surface area contributed by atoms with Gasteiger partial charge in [0, 0.05) is 6.54 Å². The Balaban J connectivity index is 1.97. The van der Waals surface area contributed by atoms with Crippen LogP contribution in [0.25, 0.3) is 0 Å². The molecule has 2 N–H and O–H groups in total. The number of ether oxygens (including phenoxy) is 1. The number of hydrogen-bond acceptors (Lipinski definition) is 5. The van der Waals surface area contributed by atoms with E-state index in [1.165, 1.54) is 18.2 Å². The second-order valence-corrected chi connectivity index (χ2v) is 7.57. The van der Waals surface area contributed by atoms with Crippen LogP contribution in [0.2, 0.25) is 0 Å². The van der Waals surface area contributed by atoms with Crippen molar-refractivity contribution in [2.24, 2.45) is 0 Å². The Kier molecular flexibility index (Phi) is 7.35. The fraction of sp³-hybridized carbons (Fsp3) is 0.222. The fourth-order valence-electron chi connectivity index (χ4n) is 2.11. The van der Waals surface area contributed by atoms with Gasteiger partial charge in [-0.2, -0.15) is 13.2 Å². The molecule has 1 amide bonds. The third-order valence-electron chi connectivity index (χ3n) is 3.51. The van der Waals surface area contributed by atoms with E-state index < -0.39 is 41.2 Å². The van der Waals surface area contributed by atoms with E-state index in [1.807, 2.05) is 0 Å². The Morgan fingerprint density at radius 1 is 1.00 bits per heavy atom. The fourth-order valence-corrected chi connectivity index (χ4v) is 3.18. The Morgan fingerprint density at radius 2 is 1.69 bits per heavy atom. The zero-order chi connectivity index (χ0) is 21.5. The van der Waals surface area contributed by atoms with Crippen LogP contribution in [0.4, 0.5) is 13.2 Å². The first kappa shape index (κ1) is 22.4. The highest BCUT2D eigenvalue weighted by Gasteiger charge is 2.28. The monoisotopic (exact) mass is 430 g/mol. The molecule has 0 bridgehead atoms. The first-order valence-electron chi connectivity index (χ1n) is 8.21. The highest BCUT2D eigenvalue weighted by atomic mass is 32.2. The van der Waals surface area contributed by atoms with Crippen LogP contribution in [0.1, 0.15) is 15.9 Å². The lowest BCUT2D eigenvalue weighted by Gasteiger charge is -2.10. The number of nitrogens with one attached hydrogen (secondary N) is 2. The summed E-state index contributed by atoms with van der Waals surface area (Å²) in [6.45, 7) is -2.44. The maximum atomic E-state index is 12.4. The Labute approximate surface area is 164 Å². The molecule has 0 saturated heterocycles. The van der Waals surface area contributed by atoms with Gasteiger partial charge in [-0.1, -0.05) is 36.4 Å². The predicted octanol–water partition coefficient (Wildman–Crippen LogP) is 2.00. The molecule has 2 aromatic carbocycles. The summed E-state index contributed by atoms with van der Waals surface area (Å²) in [7, 11) is -3.93. The minimum absolute atomic E-state index is 0.0389. The topological polar surface area (TPSA) is 102 Å². The van der Waals surface area contributed by atoms with Gasteiger partial charge in [0.05, 0.1) is 10.5 Å². The molecule has 0 aliphatic heterocycles. The molecule has 0 saturated carbocycles. The van der Waals surface area contributed by atoms with E-state index >= 15 is 0 Å². The number of carbonyl (C=O) groups is 2. The minimum Gasteiger partial charge on any atom is -0.452 e. The zero-order valence-corrected chi connectivity index (χ0v) is 15.7. The van der Waals surface area contributed by atoms with Crippen molar-refractivity contribution in [2.45, 2.75) is 17.6 Å². The Morgan fingerprint density at radius 3 is 2.34 bits per heavy atom. The second kappa shape index (κ2) is 9.52. The van der Waals surface area contributed by atoms with Gasteiger partial charge in [0.15, 0.2) is 6.61 Å². The van der Waals surface area contributed by atoms with Crippen LogP contribution in [0, 0.1) is 0 Å². The predicted molar refractivity (Wildman–Crippen MR) is 96.3 cm³/mol. The average molecular weight is 430 g/mol. The number of sulfonamides is 1. The van der Waals surface area contributed by atoms with Crippen LogP contribution in [0.5, 0.6) is 0 Å². The molecule has 0 heterocycles. The number of carbonyl (C=O) groups excluding carboxylic acids is 2. The Bertz CT molecular complexity index is 963. The molecule has 2 aromatic rings. The van der Waals surface area contributed by atoms with Gasteiger partial charge in [0.2, 0.25) is 10.0 Å². The molecule has 2 rings (SSSR count). The van der Waals surface area contributed by atoms with Crippen LogP contribution in [0.3, 0.4) is 0 Å². The van der Waals surface area contributed by atoms with E-state index in [-0.39, 0.29) is 17.0 Å². The number of hydrogen-bond donors (Lipinski definition) is 2. The molecule has 0 aromatic heterocycles. The molecule has 156 valence electrons. The molecule has 11 heteroatoms. The van der Waals surface area contributed by atoms with Gasteiger partial charge in [-0.25, -0.2) is 17.9 Å². The molecule has 0 aliphatic carbocycles. The number of amides is 1. The number of halogens is 3. The van der Waals surface area contributed by atoms with Crippen molar-refractivity contribution in [3.05, 3.63) is 65.7 Å². The van der Waals surface area contributed by atoms with Crippen LogP contribution in [0.15, 0.2) is 59.5 Å². The van der Waals surface area contributed by atoms with Crippen molar-refractivity contribution in [3.8, 4) is 0 Å². The summed E-state index contributed by atoms with van der Waals surface area (Å²) >= 11 is 0. The average Bonchev–Trinajstić information content (AvgIpc) is 2.69. The first-order chi connectivity index (χ1) is 13.6. The Hall–Kier alpha value is -2.92. The quantitative estimate of drug-likeness (QED) is 0.624. The molecule has 0 spiro atoms.